The van der Waals surface area contributed by atoms with Gasteiger partial charge < -0.3 is 15.4 Å². The molecule has 0 bridgehead atoms. The molecular formula is C28H30ClN7O3. The van der Waals surface area contributed by atoms with Crippen LogP contribution in [0, 0.1) is 5.92 Å². The van der Waals surface area contributed by atoms with Crippen molar-refractivity contribution in [1.29, 1.82) is 0 Å². The van der Waals surface area contributed by atoms with Crippen molar-refractivity contribution in [2.24, 2.45) is 11.7 Å². The average molecular weight is 548 g/mol. The predicted octanol–water partition coefficient (Wildman–Crippen LogP) is 2.53. The van der Waals surface area contributed by atoms with Crippen molar-refractivity contribution in [2.45, 2.75) is 18.6 Å². The summed E-state index contributed by atoms with van der Waals surface area (Å²) in [5.41, 5.74) is 8.70. The molecule has 5 rings (SSSR count). The Morgan fingerprint density at radius 3 is 2.23 bits per heavy atom. The second-order valence-corrected chi connectivity index (χ2v) is 9.98. The van der Waals surface area contributed by atoms with Gasteiger partial charge in [-0.2, -0.15) is 5.21 Å². The zero-order chi connectivity index (χ0) is 27.2. The van der Waals surface area contributed by atoms with Gasteiger partial charge in [0.25, 0.3) is 0 Å². The molecule has 3 N–H and O–H groups in total. The number of nitrogens with two attached hydrogens (primary N) is 1. The fourth-order valence-corrected chi connectivity index (χ4v) is 5.45. The maximum Gasteiger partial charge on any atom is 0.248 e. The summed E-state index contributed by atoms with van der Waals surface area (Å²) >= 11 is 6.20. The zero-order valence-electron chi connectivity index (χ0n) is 21.3. The molecule has 2 amide bonds. The molecule has 11 heteroatoms. The van der Waals surface area contributed by atoms with Gasteiger partial charge in [0, 0.05) is 42.7 Å². The van der Waals surface area contributed by atoms with Crippen molar-refractivity contribution in [3.63, 3.8) is 0 Å². The topological polar surface area (TPSA) is 130 Å². The van der Waals surface area contributed by atoms with Crippen LogP contribution >= 0.6 is 11.6 Å². The number of allylic oxidation sites excluding steroid dienone is 3. The first kappa shape index (κ1) is 26.7. The van der Waals surface area contributed by atoms with E-state index >= 15 is 0 Å². The van der Waals surface area contributed by atoms with Gasteiger partial charge in [0.05, 0.1) is 6.04 Å². The average Bonchev–Trinajstić information content (AvgIpc) is 3.50. The molecule has 0 radical (unpaired) electrons. The van der Waals surface area contributed by atoms with Crippen LogP contribution in [0.25, 0.3) is 5.57 Å². The van der Waals surface area contributed by atoms with Crippen molar-refractivity contribution in [3.05, 3.63) is 94.8 Å². The number of aromatic nitrogens is 4. The Balaban J connectivity index is 1.22. The molecule has 2 aromatic carbocycles. The molecule has 39 heavy (non-hydrogen) atoms. The van der Waals surface area contributed by atoms with Crippen molar-refractivity contribution in [3.8, 4) is 0 Å². The number of hydrogen-bond acceptors (Lipinski definition) is 7. The lowest BCUT2D eigenvalue weighted by molar-refractivity contribution is -0.145. The third-order valence-electron chi connectivity index (χ3n) is 7.16. The minimum atomic E-state index is -1.05. The standard InChI is InChI=1S/C28H30ClN7O3/c29-21-11-12-22(23(17-21)28-31-33-34-32-28)26(27(30)38)39-18-24(37)35-13-15-36(16-14-35)25(19-7-3-1-4-8-19)20-9-5-2-6-10-20/h1-11,17,22,25-26H,12-16,18H2,(H2,30,38)(H,31,32,33,34). The maximum atomic E-state index is 13.1. The molecule has 2 unspecified atom stereocenters. The minimum Gasteiger partial charge on any atom is -0.367 e. The number of rotatable bonds is 9. The Morgan fingerprint density at radius 2 is 1.67 bits per heavy atom. The minimum absolute atomic E-state index is 0.0988. The maximum absolute atomic E-state index is 13.1. The van der Waals surface area contributed by atoms with Crippen molar-refractivity contribution >= 4 is 29.0 Å². The summed E-state index contributed by atoms with van der Waals surface area (Å²) in [7, 11) is 0. The number of piperazine rings is 1. The third kappa shape index (κ3) is 6.25. The molecule has 1 aliphatic carbocycles. The second kappa shape index (κ2) is 12.3. The number of ether oxygens (including phenoxy) is 1. The predicted molar refractivity (Wildman–Crippen MR) is 146 cm³/mol. The van der Waals surface area contributed by atoms with Crippen LogP contribution in [0.3, 0.4) is 0 Å². The lowest BCUT2D eigenvalue weighted by Crippen LogP contribution is -2.51. The summed E-state index contributed by atoms with van der Waals surface area (Å²) in [5.74, 6) is -1.06. The van der Waals surface area contributed by atoms with Gasteiger partial charge >= 0.3 is 0 Å². The zero-order valence-corrected chi connectivity index (χ0v) is 22.1. The Hall–Kier alpha value is -3.86. The van der Waals surface area contributed by atoms with Crippen LogP contribution in [0.2, 0.25) is 0 Å². The molecule has 3 aromatic rings. The van der Waals surface area contributed by atoms with Gasteiger partial charge in [0.2, 0.25) is 17.6 Å². The van der Waals surface area contributed by atoms with Crippen LogP contribution in [0.15, 0.2) is 77.8 Å². The monoisotopic (exact) mass is 547 g/mol. The number of halogens is 1. The van der Waals surface area contributed by atoms with Crippen molar-refractivity contribution in [1.82, 2.24) is 30.4 Å². The highest BCUT2D eigenvalue weighted by molar-refractivity contribution is 6.31. The van der Waals surface area contributed by atoms with Crippen LogP contribution in [0.4, 0.5) is 0 Å². The molecule has 0 saturated carbocycles. The number of nitrogens with one attached hydrogen (secondary N) is 1. The lowest BCUT2D eigenvalue weighted by atomic mass is 9.85. The molecule has 2 atom stereocenters. The highest BCUT2D eigenvalue weighted by Gasteiger charge is 2.35. The summed E-state index contributed by atoms with van der Waals surface area (Å²) < 4.78 is 5.86. The summed E-state index contributed by atoms with van der Waals surface area (Å²) in [6, 6.07) is 20.9. The first-order valence-corrected chi connectivity index (χ1v) is 13.2. The van der Waals surface area contributed by atoms with Gasteiger partial charge in [-0.1, -0.05) is 78.3 Å². The second-order valence-electron chi connectivity index (χ2n) is 9.54. The van der Waals surface area contributed by atoms with Gasteiger partial charge in [-0.15, -0.1) is 10.2 Å². The first-order valence-electron chi connectivity index (χ1n) is 12.8. The normalized spacial score (nSPS) is 18.9. The van der Waals surface area contributed by atoms with E-state index in [9.17, 15) is 9.59 Å². The number of amides is 2. The van der Waals surface area contributed by atoms with E-state index in [1.807, 2.05) is 36.4 Å². The van der Waals surface area contributed by atoms with Crippen molar-refractivity contribution in [2.75, 3.05) is 32.8 Å². The number of carbonyl (C=O) groups is 2. The van der Waals surface area contributed by atoms with Gasteiger partial charge in [0.1, 0.15) is 12.7 Å². The van der Waals surface area contributed by atoms with E-state index in [-0.39, 0.29) is 18.6 Å². The highest BCUT2D eigenvalue weighted by atomic mass is 35.5. The van der Waals surface area contributed by atoms with E-state index in [1.54, 1.807) is 17.1 Å². The number of nitrogens with zero attached hydrogens (tertiary/aromatic N) is 5. The molecule has 1 aliphatic heterocycles. The Morgan fingerprint density at radius 1 is 1.03 bits per heavy atom. The molecule has 1 aromatic heterocycles. The number of benzene rings is 2. The van der Waals surface area contributed by atoms with Gasteiger partial charge in [-0.05, 0) is 28.8 Å². The molecule has 2 aliphatic rings. The molecule has 1 saturated heterocycles. The van der Waals surface area contributed by atoms with E-state index < -0.39 is 17.9 Å². The van der Waals surface area contributed by atoms with Crippen LogP contribution in [0.1, 0.15) is 29.4 Å². The third-order valence-corrected chi connectivity index (χ3v) is 7.42. The van der Waals surface area contributed by atoms with Crippen molar-refractivity contribution < 1.29 is 14.3 Å². The number of tetrazole rings is 1. The van der Waals surface area contributed by atoms with Gasteiger partial charge in [-0.3, -0.25) is 14.5 Å². The van der Waals surface area contributed by atoms with Gasteiger partial charge in [0.15, 0.2) is 0 Å². The SMILES string of the molecule is NC(=O)C(OCC(=O)N1CCN(C(c2ccccc2)c2ccccc2)CC1)C1CC=C(Cl)C=C1c1nn[nH]n1. The Bertz CT molecular complexity index is 1280. The quantitative estimate of drug-likeness (QED) is 0.421. The first-order chi connectivity index (χ1) is 19.0. The fraction of sp³-hybridized carbons (Fsp3) is 0.321. The fourth-order valence-electron chi connectivity index (χ4n) is 5.25. The lowest BCUT2D eigenvalue weighted by Gasteiger charge is -2.40. The van der Waals surface area contributed by atoms with Crippen LogP contribution in [-0.2, 0) is 14.3 Å². The summed E-state index contributed by atoms with van der Waals surface area (Å²) in [4.78, 5) is 29.7. The number of primary amides is 1. The van der Waals surface area contributed by atoms with Crippen LogP contribution in [0.5, 0.6) is 0 Å². The molecule has 1 fully saturated rings. The van der Waals surface area contributed by atoms with Crippen LogP contribution in [-0.4, -0.2) is 81.1 Å². The van der Waals surface area contributed by atoms with Gasteiger partial charge in [-0.25, -0.2) is 0 Å². The summed E-state index contributed by atoms with van der Waals surface area (Å²) in [5, 5.41) is 14.5. The number of H-pyrrole nitrogens is 1. The number of carbonyl (C=O) groups excluding carboxylic acids is 2. The Labute approximate surface area is 231 Å². The van der Waals surface area contributed by atoms with E-state index in [0.717, 1.165) is 0 Å². The highest BCUT2D eigenvalue weighted by Crippen LogP contribution is 2.35. The van der Waals surface area contributed by atoms with E-state index in [1.165, 1.54) is 11.1 Å². The van der Waals surface area contributed by atoms with E-state index in [0.29, 0.717) is 49.0 Å². The largest absolute Gasteiger partial charge is 0.367 e. The molecule has 0 spiro atoms. The summed E-state index contributed by atoms with van der Waals surface area (Å²) in [6.07, 6.45) is 2.77. The molecule has 2 heterocycles. The molecular weight excluding hydrogens is 518 g/mol. The van der Waals surface area contributed by atoms with Crippen LogP contribution < -0.4 is 5.73 Å². The van der Waals surface area contributed by atoms with E-state index in [2.05, 4.69) is 49.8 Å². The number of aromatic amines is 1. The smallest absolute Gasteiger partial charge is 0.248 e. The Kier molecular flexibility index (Phi) is 8.45. The van der Waals surface area contributed by atoms with E-state index in [4.69, 9.17) is 22.1 Å². The summed E-state index contributed by atoms with van der Waals surface area (Å²) in [6.45, 7) is 2.25. The number of hydrogen-bond donors (Lipinski definition) is 2. The molecule has 202 valence electrons. The molecule has 10 nitrogen and oxygen atoms in total.